The van der Waals surface area contributed by atoms with Crippen molar-refractivity contribution in [3.05, 3.63) is 71.8 Å². The van der Waals surface area contributed by atoms with Crippen LogP contribution in [0.1, 0.15) is 40.0 Å². The number of rotatable bonds is 8. The van der Waals surface area contributed by atoms with Crippen LogP contribution < -0.4 is 0 Å². The second-order valence-corrected chi connectivity index (χ2v) is 5.05. The summed E-state index contributed by atoms with van der Waals surface area (Å²) in [4.78, 5) is 35.3. The van der Waals surface area contributed by atoms with Crippen molar-refractivity contribution in [1.82, 2.24) is 0 Å². The molecule has 0 aliphatic carbocycles. The lowest BCUT2D eigenvalue weighted by molar-refractivity contribution is -0.143. The van der Waals surface area contributed by atoms with Gasteiger partial charge in [-0.15, -0.1) is 0 Å². The topological polar surface area (TPSA) is 60.4 Å². The minimum absolute atomic E-state index is 0.0211. The molecule has 0 aliphatic rings. The number of carbonyl (C=O) groups excluding carboxylic acids is 3. The van der Waals surface area contributed by atoms with Crippen molar-refractivity contribution in [3.63, 3.8) is 0 Å². The SMILES string of the molecule is O=C(CCC(=O)c1ccccc1)OCCC(=O)c1ccccc1. The van der Waals surface area contributed by atoms with Gasteiger partial charge in [-0.05, 0) is 0 Å². The molecule has 0 atom stereocenters. The summed E-state index contributed by atoms with van der Waals surface area (Å²) in [7, 11) is 0. The van der Waals surface area contributed by atoms with Crippen LogP contribution in [0, 0.1) is 0 Å². The second kappa shape index (κ2) is 8.63. The van der Waals surface area contributed by atoms with E-state index in [0.29, 0.717) is 11.1 Å². The molecule has 2 rings (SSSR count). The van der Waals surface area contributed by atoms with Crippen LogP contribution in [0.15, 0.2) is 60.7 Å². The molecule has 0 radical (unpaired) electrons. The van der Waals surface area contributed by atoms with E-state index in [2.05, 4.69) is 0 Å². The average molecular weight is 310 g/mol. The smallest absolute Gasteiger partial charge is 0.306 e. The van der Waals surface area contributed by atoms with Crippen molar-refractivity contribution in [2.45, 2.75) is 19.3 Å². The molecule has 0 fully saturated rings. The van der Waals surface area contributed by atoms with E-state index >= 15 is 0 Å². The molecular formula is C19H18O4. The number of hydrogen-bond acceptors (Lipinski definition) is 4. The number of ketones is 2. The average Bonchev–Trinajstić information content (AvgIpc) is 2.61. The van der Waals surface area contributed by atoms with E-state index in [0.717, 1.165) is 0 Å². The fourth-order valence-corrected chi connectivity index (χ4v) is 2.08. The summed E-state index contributed by atoms with van der Waals surface area (Å²) < 4.78 is 5.01. The van der Waals surface area contributed by atoms with E-state index < -0.39 is 5.97 Å². The normalized spacial score (nSPS) is 10.1. The first-order valence-electron chi connectivity index (χ1n) is 7.49. The van der Waals surface area contributed by atoms with E-state index in [1.807, 2.05) is 12.1 Å². The minimum Gasteiger partial charge on any atom is -0.465 e. The standard InChI is InChI=1S/C19H18O4/c20-17(15-7-3-1-4-8-15)11-12-19(22)23-14-13-18(21)16-9-5-2-6-10-16/h1-10H,11-14H2. The van der Waals surface area contributed by atoms with Crippen molar-refractivity contribution in [2.75, 3.05) is 6.61 Å². The van der Waals surface area contributed by atoms with Crippen LogP contribution in [-0.4, -0.2) is 24.1 Å². The third kappa shape index (κ3) is 5.51. The van der Waals surface area contributed by atoms with Crippen molar-refractivity contribution >= 4 is 17.5 Å². The molecule has 118 valence electrons. The maximum absolute atomic E-state index is 11.9. The third-order valence-electron chi connectivity index (χ3n) is 3.34. The quantitative estimate of drug-likeness (QED) is 0.553. The van der Waals surface area contributed by atoms with Crippen LogP contribution in [0.5, 0.6) is 0 Å². The Morgan fingerprint density at radius 2 is 1.13 bits per heavy atom. The molecule has 0 saturated carbocycles. The summed E-state index contributed by atoms with van der Waals surface area (Å²) in [5.74, 6) is -0.628. The zero-order valence-corrected chi connectivity index (χ0v) is 12.7. The minimum atomic E-state index is -0.463. The molecule has 0 aliphatic heterocycles. The molecule has 2 aromatic carbocycles. The van der Waals surface area contributed by atoms with Crippen LogP contribution >= 0.6 is 0 Å². The van der Waals surface area contributed by atoms with E-state index in [1.54, 1.807) is 48.5 Å². The fourth-order valence-electron chi connectivity index (χ4n) is 2.08. The Hall–Kier alpha value is -2.75. The molecule has 0 amide bonds. The predicted octanol–water partition coefficient (Wildman–Crippen LogP) is 3.47. The Labute approximate surface area is 135 Å². The van der Waals surface area contributed by atoms with Gasteiger partial charge >= 0.3 is 5.97 Å². The maximum atomic E-state index is 11.9. The molecule has 4 heteroatoms. The predicted molar refractivity (Wildman–Crippen MR) is 86.4 cm³/mol. The van der Waals surface area contributed by atoms with E-state index in [-0.39, 0.29) is 37.4 Å². The van der Waals surface area contributed by atoms with Crippen molar-refractivity contribution in [3.8, 4) is 0 Å². The van der Waals surface area contributed by atoms with Crippen LogP contribution in [-0.2, 0) is 9.53 Å². The fraction of sp³-hybridized carbons (Fsp3) is 0.211. The van der Waals surface area contributed by atoms with E-state index in [1.165, 1.54) is 0 Å². The van der Waals surface area contributed by atoms with E-state index in [9.17, 15) is 14.4 Å². The van der Waals surface area contributed by atoms with Gasteiger partial charge in [0.2, 0.25) is 0 Å². The van der Waals surface area contributed by atoms with Crippen LogP contribution in [0.4, 0.5) is 0 Å². The Bertz CT molecular complexity index is 662. The zero-order chi connectivity index (χ0) is 16.5. The summed E-state index contributed by atoms with van der Waals surface area (Å²) in [6.45, 7) is 0.0338. The number of hydrogen-bond donors (Lipinski definition) is 0. The lowest BCUT2D eigenvalue weighted by Gasteiger charge is -2.05. The zero-order valence-electron chi connectivity index (χ0n) is 12.7. The molecule has 4 nitrogen and oxygen atoms in total. The summed E-state index contributed by atoms with van der Waals surface area (Å²) in [6, 6.07) is 17.7. The van der Waals surface area contributed by atoms with Gasteiger partial charge in [-0.25, -0.2) is 0 Å². The molecule has 0 bridgehead atoms. The number of Topliss-reactive ketones (excluding diaryl/α,β-unsaturated/α-hetero) is 2. The number of esters is 1. The molecule has 0 aromatic heterocycles. The monoisotopic (exact) mass is 310 g/mol. The Balaban J connectivity index is 1.67. The number of carbonyl (C=O) groups is 3. The molecule has 2 aromatic rings. The van der Waals surface area contributed by atoms with Gasteiger partial charge in [0.05, 0.1) is 13.0 Å². The highest BCUT2D eigenvalue weighted by molar-refractivity contribution is 5.97. The van der Waals surface area contributed by atoms with Gasteiger partial charge in [-0.1, -0.05) is 60.7 Å². The molecule has 0 unspecified atom stereocenters. The first-order valence-corrected chi connectivity index (χ1v) is 7.49. The number of benzene rings is 2. The summed E-state index contributed by atoms with van der Waals surface area (Å²) >= 11 is 0. The van der Waals surface area contributed by atoms with Crippen molar-refractivity contribution in [1.29, 1.82) is 0 Å². The molecule has 0 N–H and O–H groups in total. The first-order chi connectivity index (χ1) is 11.2. The maximum Gasteiger partial charge on any atom is 0.306 e. The van der Waals surface area contributed by atoms with Gasteiger partial charge in [-0.2, -0.15) is 0 Å². The van der Waals surface area contributed by atoms with Gasteiger partial charge < -0.3 is 4.74 Å². The highest BCUT2D eigenvalue weighted by atomic mass is 16.5. The highest BCUT2D eigenvalue weighted by Gasteiger charge is 2.11. The molecule has 0 spiro atoms. The molecule has 0 heterocycles. The lowest BCUT2D eigenvalue weighted by atomic mass is 10.1. The first kappa shape index (κ1) is 16.6. The molecular weight excluding hydrogens is 292 g/mol. The number of ether oxygens (including phenoxy) is 1. The van der Waals surface area contributed by atoms with Crippen LogP contribution in [0.25, 0.3) is 0 Å². The van der Waals surface area contributed by atoms with Gasteiger partial charge in [0.1, 0.15) is 0 Å². The van der Waals surface area contributed by atoms with Gasteiger partial charge in [0.25, 0.3) is 0 Å². The Morgan fingerprint density at radius 3 is 1.65 bits per heavy atom. The Morgan fingerprint density at radius 1 is 0.652 bits per heavy atom. The van der Waals surface area contributed by atoms with Crippen molar-refractivity contribution < 1.29 is 19.1 Å². The lowest BCUT2D eigenvalue weighted by Crippen LogP contribution is -2.11. The van der Waals surface area contributed by atoms with E-state index in [4.69, 9.17) is 4.74 Å². The van der Waals surface area contributed by atoms with Crippen molar-refractivity contribution in [2.24, 2.45) is 0 Å². The van der Waals surface area contributed by atoms with Crippen LogP contribution in [0.2, 0.25) is 0 Å². The highest BCUT2D eigenvalue weighted by Crippen LogP contribution is 2.07. The summed E-state index contributed by atoms with van der Waals surface area (Å²) in [6.07, 6.45) is 0.269. The van der Waals surface area contributed by atoms with Crippen LogP contribution in [0.3, 0.4) is 0 Å². The van der Waals surface area contributed by atoms with Gasteiger partial charge in [0, 0.05) is 24.0 Å². The van der Waals surface area contributed by atoms with Gasteiger partial charge in [0.15, 0.2) is 11.6 Å². The summed E-state index contributed by atoms with van der Waals surface area (Å²) in [5, 5.41) is 0. The van der Waals surface area contributed by atoms with Gasteiger partial charge in [-0.3, -0.25) is 14.4 Å². The second-order valence-electron chi connectivity index (χ2n) is 5.05. The Kier molecular flexibility index (Phi) is 6.24. The largest absolute Gasteiger partial charge is 0.465 e. The third-order valence-corrected chi connectivity index (χ3v) is 3.34. The molecule has 0 saturated heterocycles. The summed E-state index contributed by atoms with van der Waals surface area (Å²) in [5.41, 5.74) is 1.18. The molecule has 23 heavy (non-hydrogen) atoms.